The number of fused-ring (bicyclic) bond motifs is 3. The molecule has 5 heteroatoms. The molecule has 6 rings (SSSR count). The molecule has 0 aliphatic rings. The Morgan fingerprint density at radius 2 is 1.55 bits per heavy atom. The van der Waals surface area contributed by atoms with Crippen molar-refractivity contribution in [2.75, 3.05) is 19.0 Å². The summed E-state index contributed by atoms with van der Waals surface area (Å²) in [6.45, 7) is 9.18. The van der Waals surface area contributed by atoms with Crippen LogP contribution in [0.5, 0.6) is 0 Å². The van der Waals surface area contributed by atoms with E-state index < -0.39 is 0 Å². The van der Waals surface area contributed by atoms with Gasteiger partial charge in [0.2, 0.25) is 0 Å². The smallest absolute Gasteiger partial charge is 0.0938 e. The second-order valence-corrected chi connectivity index (χ2v) is 12.5. The van der Waals surface area contributed by atoms with Crippen molar-refractivity contribution in [2.45, 2.75) is 51.4 Å². The number of anilines is 1. The van der Waals surface area contributed by atoms with Crippen LogP contribution in [0.1, 0.15) is 50.2 Å². The maximum Gasteiger partial charge on any atom is 0.0938 e. The number of H-pyrrole nitrogens is 1. The van der Waals surface area contributed by atoms with Crippen LogP contribution in [0.4, 0.5) is 5.69 Å². The van der Waals surface area contributed by atoms with E-state index in [1.54, 1.807) is 0 Å². The predicted molar refractivity (Wildman–Crippen MR) is 167 cm³/mol. The molecule has 3 aromatic carbocycles. The molecule has 40 heavy (non-hydrogen) atoms. The van der Waals surface area contributed by atoms with E-state index in [-0.39, 0.29) is 10.8 Å². The van der Waals surface area contributed by atoms with Gasteiger partial charge in [0.15, 0.2) is 0 Å². The maximum atomic E-state index is 5.13. The zero-order chi connectivity index (χ0) is 28.1. The highest BCUT2D eigenvalue weighted by molar-refractivity contribution is 5.91. The molecule has 0 amide bonds. The lowest BCUT2D eigenvalue weighted by molar-refractivity contribution is 0.508. The van der Waals surface area contributed by atoms with Gasteiger partial charge in [-0.05, 0) is 53.0 Å². The molecular formula is C35H37N5. The van der Waals surface area contributed by atoms with E-state index in [0.717, 1.165) is 46.3 Å². The number of nitrogens with one attached hydrogen (secondary N) is 1. The van der Waals surface area contributed by atoms with Crippen molar-refractivity contribution >= 4 is 38.3 Å². The molecule has 3 heterocycles. The Bertz CT molecular complexity index is 1840. The van der Waals surface area contributed by atoms with Crippen molar-refractivity contribution in [3.63, 3.8) is 0 Å². The van der Waals surface area contributed by atoms with Crippen LogP contribution in [0.2, 0.25) is 0 Å². The fourth-order valence-corrected chi connectivity index (χ4v) is 6.11. The lowest BCUT2D eigenvalue weighted by Crippen LogP contribution is -2.23. The molecule has 0 aliphatic heterocycles. The van der Waals surface area contributed by atoms with Crippen LogP contribution in [0.3, 0.4) is 0 Å². The molecule has 0 unspecified atom stereocenters. The lowest BCUT2D eigenvalue weighted by atomic mass is 9.77. The fourth-order valence-electron chi connectivity index (χ4n) is 6.11. The first-order chi connectivity index (χ1) is 19.1. The first-order valence-electron chi connectivity index (χ1n) is 14.0. The predicted octanol–water partition coefficient (Wildman–Crippen LogP) is 7.77. The van der Waals surface area contributed by atoms with Gasteiger partial charge in [0, 0.05) is 53.8 Å². The summed E-state index contributed by atoms with van der Waals surface area (Å²) in [4.78, 5) is 11.9. The van der Waals surface area contributed by atoms with Crippen LogP contribution in [-0.4, -0.2) is 34.3 Å². The van der Waals surface area contributed by atoms with E-state index in [4.69, 9.17) is 10.1 Å². The lowest BCUT2D eigenvalue weighted by Gasteiger charge is -2.27. The van der Waals surface area contributed by atoms with Gasteiger partial charge in [-0.25, -0.2) is 0 Å². The molecule has 0 saturated carbocycles. The minimum absolute atomic E-state index is 0.130. The second-order valence-electron chi connectivity index (χ2n) is 12.5. The normalized spacial score (nSPS) is 12.4. The monoisotopic (exact) mass is 527 g/mol. The van der Waals surface area contributed by atoms with Crippen molar-refractivity contribution in [1.29, 1.82) is 0 Å². The molecule has 202 valence electrons. The Hall–Kier alpha value is -4.25. The molecule has 0 atom stereocenters. The Morgan fingerprint density at radius 3 is 2.38 bits per heavy atom. The van der Waals surface area contributed by atoms with E-state index in [1.807, 2.05) is 18.5 Å². The number of hydrogen-bond donors (Lipinski definition) is 1. The zero-order valence-electron chi connectivity index (χ0n) is 24.3. The third-order valence-electron chi connectivity index (χ3n) is 8.17. The molecule has 5 nitrogen and oxygen atoms in total. The average molecular weight is 528 g/mol. The van der Waals surface area contributed by atoms with Crippen molar-refractivity contribution < 1.29 is 0 Å². The van der Waals surface area contributed by atoms with Gasteiger partial charge in [0.05, 0.1) is 22.4 Å². The third-order valence-corrected chi connectivity index (χ3v) is 8.17. The Kier molecular flexibility index (Phi) is 6.33. The number of rotatable bonds is 7. The largest absolute Gasteiger partial charge is 0.376 e. The summed E-state index contributed by atoms with van der Waals surface area (Å²) in [7, 11) is 4.14. The highest BCUT2D eigenvalue weighted by atomic mass is 15.1. The van der Waals surface area contributed by atoms with Crippen LogP contribution < -0.4 is 4.90 Å². The summed E-state index contributed by atoms with van der Waals surface area (Å²) in [6.07, 6.45) is 5.73. The van der Waals surface area contributed by atoms with Gasteiger partial charge in [-0.3, -0.25) is 15.1 Å². The second kappa shape index (κ2) is 9.74. The molecule has 1 N–H and O–H groups in total. The van der Waals surface area contributed by atoms with Crippen molar-refractivity contribution in [3.05, 3.63) is 108 Å². The highest BCUT2D eigenvalue weighted by Crippen LogP contribution is 2.36. The van der Waals surface area contributed by atoms with Gasteiger partial charge in [-0.15, -0.1) is 0 Å². The number of aromatic amines is 1. The fraction of sp³-hybridized carbons (Fsp3) is 0.286. The van der Waals surface area contributed by atoms with Gasteiger partial charge < -0.3 is 4.90 Å². The van der Waals surface area contributed by atoms with Crippen LogP contribution in [-0.2, 0) is 23.7 Å². The molecule has 0 radical (unpaired) electrons. The number of aromatic nitrogens is 4. The molecule has 0 spiro atoms. The first kappa shape index (κ1) is 26.0. The molecule has 0 fully saturated rings. The summed E-state index contributed by atoms with van der Waals surface area (Å²) >= 11 is 0. The van der Waals surface area contributed by atoms with Crippen LogP contribution in [0.25, 0.3) is 32.6 Å². The zero-order valence-corrected chi connectivity index (χ0v) is 24.3. The molecule has 6 aromatic rings. The highest BCUT2D eigenvalue weighted by Gasteiger charge is 2.28. The van der Waals surface area contributed by atoms with Crippen LogP contribution >= 0.6 is 0 Å². The summed E-state index contributed by atoms with van der Waals surface area (Å²) in [5.41, 5.74) is 7.73. The maximum absolute atomic E-state index is 5.13. The van der Waals surface area contributed by atoms with Gasteiger partial charge in [0.25, 0.3) is 0 Å². The summed E-state index contributed by atoms with van der Waals surface area (Å²) in [6, 6.07) is 25.9. The molecule has 3 aromatic heterocycles. The standard InChI is InChI=1S/C35H37N5/c1-34(2,20-26-17-16-24-10-9-13-31(40(5)6)32(24)37-26)29-22-36-21-25-15-14-23(18-28(25)29)19-35(3,4)33-27-11-7-8-12-30(27)38-39-33/h7-18,21-22H,19-20H2,1-6H3,(H,38,39). The number of hydrogen-bond acceptors (Lipinski definition) is 4. The van der Waals surface area contributed by atoms with E-state index in [2.05, 4.69) is 124 Å². The Morgan fingerprint density at radius 1 is 0.750 bits per heavy atom. The third kappa shape index (κ3) is 4.70. The summed E-state index contributed by atoms with van der Waals surface area (Å²) in [5.74, 6) is 0. The SMILES string of the molecule is CN(C)c1cccc2ccc(CC(C)(C)c3cncc4ccc(CC(C)(C)c5n[nH]c6ccccc56)cc34)nc12. The van der Waals surface area contributed by atoms with E-state index >= 15 is 0 Å². The molecule has 0 aliphatic carbocycles. The van der Waals surface area contributed by atoms with Crippen LogP contribution in [0, 0.1) is 0 Å². The van der Waals surface area contributed by atoms with Gasteiger partial charge in [-0.1, -0.05) is 82.3 Å². The van der Waals surface area contributed by atoms with E-state index in [0.29, 0.717) is 0 Å². The van der Waals surface area contributed by atoms with Gasteiger partial charge in [0.1, 0.15) is 0 Å². The number of pyridine rings is 2. The van der Waals surface area contributed by atoms with E-state index in [1.165, 1.54) is 27.3 Å². The molecular weight excluding hydrogens is 490 g/mol. The number of para-hydroxylation sites is 2. The van der Waals surface area contributed by atoms with E-state index in [9.17, 15) is 0 Å². The molecule has 0 saturated heterocycles. The Balaban J connectivity index is 1.35. The quantitative estimate of drug-likeness (QED) is 0.230. The summed E-state index contributed by atoms with van der Waals surface area (Å²) in [5, 5.41) is 12.7. The average Bonchev–Trinajstić information content (AvgIpc) is 3.37. The first-order valence-corrected chi connectivity index (χ1v) is 14.0. The van der Waals surface area contributed by atoms with Crippen molar-refractivity contribution in [1.82, 2.24) is 20.2 Å². The topological polar surface area (TPSA) is 57.7 Å². The Labute approximate surface area is 236 Å². The van der Waals surface area contributed by atoms with Crippen molar-refractivity contribution in [3.8, 4) is 0 Å². The van der Waals surface area contributed by atoms with Crippen molar-refractivity contribution in [2.24, 2.45) is 0 Å². The summed E-state index contributed by atoms with van der Waals surface area (Å²) < 4.78 is 0. The van der Waals surface area contributed by atoms with Gasteiger partial charge >= 0.3 is 0 Å². The van der Waals surface area contributed by atoms with Gasteiger partial charge in [-0.2, -0.15) is 5.10 Å². The number of benzene rings is 3. The minimum atomic E-state index is -0.160. The van der Waals surface area contributed by atoms with Crippen LogP contribution in [0.15, 0.2) is 85.2 Å². The minimum Gasteiger partial charge on any atom is -0.376 e. The number of nitrogens with zero attached hydrogens (tertiary/aromatic N) is 4. The molecule has 0 bridgehead atoms.